The lowest BCUT2D eigenvalue weighted by atomic mass is 9.95. The van der Waals surface area contributed by atoms with Crippen molar-refractivity contribution >= 4 is 0 Å². The van der Waals surface area contributed by atoms with Gasteiger partial charge in [0.1, 0.15) is 11.5 Å². The second-order valence-corrected chi connectivity index (χ2v) is 5.06. The molecule has 1 aliphatic rings. The van der Waals surface area contributed by atoms with E-state index in [1.807, 2.05) is 18.2 Å². The van der Waals surface area contributed by atoms with Gasteiger partial charge in [0.2, 0.25) is 0 Å². The Kier molecular flexibility index (Phi) is 3.36. The van der Waals surface area contributed by atoms with Crippen LogP contribution in [0, 0.1) is 0 Å². The lowest BCUT2D eigenvalue weighted by Crippen LogP contribution is -2.05. The second kappa shape index (κ2) is 5.17. The van der Waals surface area contributed by atoms with E-state index in [0.29, 0.717) is 0 Å². The molecule has 0 spiro atoms. The lowest BCUT2D eigenvalue weighted by molar-refractivity contribution is 0.397. The summed E-state index contributed by atoms with van der Waals surface area (Å²) < 4.78 is 11.0. The largest absolute Gasteiger partial charge is 0.496 e. The van der Waals surface area contributed by atoms with Crippen molar-refractivity contribution in [2.24, 2.45) is 5.73 Å². The topological polar surface area (TPSA) is 44.5 Å². The first-order valence-electron chi connectivity index (χ1n) is 6.85. The van der Waals surface area contributed by atoms with Crippen LogP contribution in [0.25, 0.3) is 11.1 Å². The molecule has 1 unspecified atom stereocenters. The molecule has 1 aliphatic carbocycles. The predicted octanol–water partition coefficient (Wildman–Crippen LogP) is 3.32. The number of benzene rings is 2. The SMILES string of the molecule is COc1cccc(OC)c1-c1cccc2c1CCC2N. The van der Waals surface area contributed by atoms with Gasteiger partial charge in [-0.2, -0.15) is 0 Å². The van der Waals surface area contributed by atoms with Gasteiger partial charge in [0, 0.05) is 6.04 Å². The lowest BCUT2D eigenvalue weighted by Gasteiger charge is -2.16. The molecule has 0 bridgehead atoms. The normalized spacial score (nSPS) is 16.9. The Balaban J connectivity index is 2.25. The van der Waals surface area contributed by atoms with Crippen LogP contribution in [0.1, 0.15) is 23.6 Å². The molecular formula is C17H19NO2. The van der Waals surface area contributed by atoms with Crippen LogP contribution in [0.3, 0.4) is 0 Å². The average molecular weight is 269 g/mol. The highest BCUT2D eigenvalue weighted by Crippen LogP contribution is 2.44. The molecule has 3 heteroatoms. The van der Waals surface area contributed by atoms with Gasteiger partial charge >= 0.3 is 0 Å². The summed E-state index contributed by atoms with van der Waals surface area (Å²) in [5.41, 5.74) is 10.9. The highest BCUT2D eigenvalue weighted by Gasteiger charge is 2.24. The van der Waals surface area contributed by atoms with Crippen molar-refractivity contribution in [3.63, 3.8) is 0 Å². The first-order valence-corrected chi connectivity index (χ1v) is 6.85. The third-order valence-electron chi connectivity index (χ3n) is 4.01. The molecule has 0 aliphatic heterocycles. The standard InChI is InChI=1S/C17H19NO2/c1-19-15-7-4-8-16(20-2)17(15)13-6-3-5-12-11(13)9-10-14(12)18/h3-8,14H,9-10,18H2,1-2H3. The minimum absolute atomic E-state index is 0.144. The maximum atomic E-state index is 6.17. The number of rotatable bonds is 3. The maximum absolute atomic E-state index is 6.17. The second-order valence-electron chi connectivity index (χ2n) is 5.06. The molecule has 0 saturated heterocycles. The highest BCUT2D eigenvalue weighted by atomic mass is 16.5. The summed E-state index contributed by atoms with van der Waals surface area (Å²) in [6, 6.07) is 12.3. The van der Waals surface area contributed by atoms with Gasteiger partial charge in [0.15, 0.2) is 0 Å². The summed E-state index contributed by atoms with van der Waals surface area (Å²) in [4.78, 5) is 0. The molecular weight excluding hydrogens is 250 g/mol. The third kappa shape index (κ3) is 1.95. The van der Waals surface area contributed by atoms with Crippen molar-refractivity contribution in [2.75, 3.05) is 14.2 Å². The smallest absolute Gasteiger partial charge is 0.130 e. The van der Waals surface area contributed by atoms with Gasteiger partial charge in [-0.25, -0.2) is 0 Å². The zero-order valence-corrected chi connectivity index (χ0v) is 11.8. The Morgan fingerprint density at radius 3 is 2.30 bits per heavy atom. The van der Waals surface area contributed by atoms with Gasteiger partial charge in [-0.05, 0) is 41.7 Å². The molecule has 2 aromatic rings. The van der Waals surface area contributed by atoms with E-state index in [1.54, 1.807) is 14.2 Å². The summed E-state index contributed by atoms with van der Waals surface area (Å²) >= 11 is 0. The van der Waals surface area contributed by atoms with Gasteiger partial charge in [-0.3, -0.25) is 0 Å². The molecule has 0 radical (unpaired) electrons. The maximum Gasteiger partial charge on any atom is 0.130 e. The average Bonchev–Trinajstić information content (AvgIpc) is 2.88. The van der Waals surface area contributed by atoms with Crippen LogP contribution in [-0.2, 0) is 6.42 Å². The van der Waals surface area contributed by atoms with Gasteiger partial charge in [-0.15, -0.1) is 0 Å². The molecule has 0 saturated carbocycles. The van der Waals surface area contributed by atoms with Crippen molar-refractivity contribution in [1.82, 2.24) is 0 Å². The fourth-order valence-corrected chi connectivity index (χ4v) is 3.04. The third-order valence-corrected chi connectivity index (χ3v) is 4.01. The van der Waals surface area contributed by atoms with E-state index in [2.05, 4.69) is 18.2 Å². The van der Waals surface area contributed by atoms with Gasteiger partial charge in [0.25, 0.3) is 0 Å². The molecule has 0 aromatic heterocycles. The Labute approximate surface area is 119 Å². The molecule has 3 rings (SSSR count). The molecule has 0 heterocycles. The Morgan fingerprint density at radius 1 is 1.00 bits per heavy atom. The number of hydrogen-bond acceptors (Lipinski definition) is 3. The first kappa shape index (κ1) is 13.0. The Hall–Kier alpha value is -2.00. The van der Waals surface area contributed by atoms with E-state index in [4.69, 9.17) is 15.2 Å². The Morgan fingerprint density at radius 2 is 1.65 bits per heavy atom. The van der Waals surface area contributed by atoms with Crippen molar-refractivity contribution in [1.29, 1.82) is 0 Å². The summed E-state index contributed by atoms with van der Waals surface area (Å²) in [5, 5.41) is 0. The Bertz CT molecular complexity index is 615. The number of methoxy groups -OCH3 is 2. The number of ether oxygens (including phenoxy) is 2. The van der Waals surface area contributed by atoms with Crippen molar-refractivity contribution in [2.45, 2.75) is 18.9 Å². The van der Waals surface area contributed by atoms with Crippen LogP contribution < -0.4 is 15.2 Å². The highest BCUT2D eigenvalue weighted by molar-refractivity contribution is 5.80. The van der Waals surface area contributed by atoms with Crippen LogP contribution in [0.4, 0.5) is 0 Å². The van der Waals surface area contributed by atoms with Crippen LogP contribution in [0.15, 0.2) is 36.4 Å². The summed E-state index contributed by atoms with van der Waals surface area (Å²) in [5.74, 6) is 1.66. The summed E-state index contributed by atoms with van der Waals surface area (Å²) in [7, 11) is 3.38. The van der Waals surface area contributed by atoms with E-state index in [9.17, 15) is 0 Å². The van der Waals surface area contributed by atoms with E-state index in [0.717, 1.165) is 29.9 Å². The van der Waals surface area contributed by atoms with E-state index < -0.39 is 0 Å². The van der Waals surface area contributed by atoms with Gasteiger partial charge in [0.05, 0.1) is 19.8 Å². The minimum atomic E-state index is 0.144. The first-order chi connectivity index (χ1) is 9.76. The van der Waals surface area contributed by atoms with Gasteiger partial charge < -0.3 is 15.2 Å². The van der Waals surface area contributed by atoms with Crippen molar-refractivity contribution in [3.05, 3.63) is 47.5 Å². The molecule has 0 fully saturated rings. The van der Waals surface area contributed by atoms with E-state index >= 15 is 0 Å². The quantitative estimate of drug-likeness (QED) is 0.929. The van der Waals surface area contributed by atoms with E-state index in [-0.39, 0.29) is 6.04 Å². The zero-order valence-electron chi connectivity index (χ0n) is 11.8. The molecule has 20 heavy (non-hydrogen) atoms. The number of fused-ring (bicyclic) bond motifs is 1. The van der Waals surface area contributed by atoms with Crippen LogP contribution in [-0.4, -0.2) is 14.2 Å². The monoisotopic (exact) mass is 269 g/mol. The van der Waals surface area contributed by atoms with Crippen LogP contribution in [0.5, 0.6) is 11.5 Å². The zero-order chi connectivity index (χ0) is 14.1. The fraction of sp³-hybridized carbons (Fsp3) is 0.294. The van der Waals surface area contributed by atoms with E-state index in [1.165, 1.54) is 16.7 Å². The van der Waals surface area contributed by atoms with Gasteiger partial charge in [-0.1, -0.05) is 24.3 Å². The molecule has 0 amide bonds. The van der Waals surface area contributed by atoms with Crippen molar-refractivity contribution in [3.8, 4) is 22.6 Å². The van der Waals surface area contributed by atoms with Crippen molar-refractivity contribution < 1.29 is 9.47 Å². The number of nitrogens with two attached hydrogens (primary N) is 1. The summed E-state index contributed by atoms with van der Waals surface area (Å²) in [6.07, 6.45) is 2.01. The summed E-state index contributed by atoms with van der Waals surface area (Å²) in [6.45, 7) is 0. The van der Waals surface area contributed by atoms with Crippen LogP contribution in [0.2, 0.25) is 0 Å². The molecule has 104 valence electrons. The fourth-order valence-electron chi connectivity index (χ4n) is 3.04. The molecule has 3 nitrogen and oxygen atoms in total. The predicted molar refractivity (Wildman–Crippen MR) is 80.2 cm³/mol. The van der Waals surface area contributed by atoms with Crippen LogP contribution >= 0.6 is 0 Å². The molecule has 2 N–H and O–H groups in total. The minimum Gasteiger partial charge on any atom is -0.496 e. The molecule has 1 atom stereocenters. The molecule has 2 aromatic carbocycles. The number of hydrogen-bond donors (Lipinski definition) is 1.